The Morgan fingerprint density at radius 2 is 1.42 bits per heavy atom. The number of hydrogen-bond donors (Lipinski definition) is 0. The summed E-state index contributed by atoms with van der Waals surface area (Å²) in [7, 11) is 0. The molecule has 7 heteroatoms. The van der Waals surface area contributed by atoms with Gasteiger partial charge in [-0.25, -0.2) is 9.64 Å². The molecule has 2 atom stereocenters. The lowest BCUT2D eigenvalue weighted by atomic mass is 9.93. The molecule has 2 aromatic carbocycles. The van der Waals surface area contributed by atoms with Crippen molar-refractivity contribution in [3.8, 4) is 0 Å². The quantitative estimate of drug-likeness (QED) is 0.0681. The summed E-state index contributed by atoms with van der Waals surface area (Å²) in [6.07, 6.45) is 14.1. The van der Waals surface area contributed by atoms with Crippen molar-refractivity contribution < 1.29 is 19.1 Å². The molecule has 0 amide bonds. The second-order valence-corrected chi connectivity index (χ2v) is 13.8. The van der Waals surface area contributed by atoms with Gasteiger partial charge in [0.25, 0.3) is 0 Å². The van der Waals surface area contributed by atoms with Crippen molar-refractivity contribution >= 4 is 35.1 Å². The summed E-state index contributed by atoms with van der Waals surface area (Å²) in [5.41, 5.74) is 3.34. The maximum atomic E-state index is 14.3. The van der Waals surface area contributed by atoms with Crippen LogP contribution in [0.1, 0.15) is 132 Å². The van der Waals surface area contributed by atoms with Gasteiger partial charge in [-0.1, -0.05) is 138 Å². The molecule has 1 aliphatic rings. The highest BCUT2D eigenvalue weighted by atomic mass is 32.2. The maximum Gasteiger partial charge on any atom is 0.329 e. The van der Waals surface area contributed by atoms with Crippen molar-refractivity contribution in [1.82, 2.24) is 4.57 Å². The van der Waals surface area contributed by atoms with E-state index in [1.165, 1.54) is 63.1 Å². The number of nitrogens with zero attached hydrogens (tertiary/aromatic N) is 2. The molecule has 0 saturated heterocycles. The summed E-state index contributed by atoms with van der Waals surface area (Å²) in [4.78, 5) is 32.9. The number of carbonyl (C=O) groups is 2. The summed E-state index contributed by atoms with van der Waals surface area (Å²) >= 11 is 1.42. The second kappa shape index (κ2) is 19.3. The highest BCUT2D eigenvalue weighted by Crippen LogP contribution is 2.52. The first-order valence-electron chi connectivity index (χ1n) is 18.0. The third kappa shape index (κ3) is 9.23. The Labute approximate surface area is 292 Å². The van der Waals surface area contributed by atoms with Crippen molar-refractivity contribution in [1.29, 1.82) is 0 Å². The first-order valence-corrected chi connectivity index (χ1v) is 18.8. The number of fused-ring (bicyclic) bond motifs is 1. The predicted octanol–water partition coefficient (Wildman–Crippen LogP) is 11.6. The van der Waals surface area contributed by atoms with Crippen LogP contribution in [-0.4, -0.2) is 29.7 Å². The minimum atomic E-state index is -0.832. The molecule has 0 bridgehead atoms. The number of carbonyl (C=O) groups excluding carboxylic acids is 2. The summed E-state index contributed by atoms with van der Waals surface area (Å²) in [6.45, 7) is 17.0. The third-order valence-electron chi connectivity index (χ3n) is 9.17. The second-order valence-electron chi connectivity index (χ2n) is 12.7. The molecule has 1 aromatic heterocycles. The van der Waals surface area contributed by atoms with Crippen molar-refractivity contribution in [2.75, 3.05) is 13.2 Å². The molecular weight excluding hydrogens is 617 g/mol. The van der Waals surface area contributed by atoms with Gasteiger partial charge in [0.1, 0.15) is 5.92 Å². The number of benzene rings is 2. The van der Waals surface area contributed by atoms with Crippen molar-refractivity contribution in [3.05, 3.63) is 94.5 Å². The smallest absolute Gasteiger partial charge is 0.329 e. The SMILES string of the molecule is [C-]#[N+]c1c(C(=O)OCC(CCCCCC)CCCCCCCC)c2n(c1Sc1ccccc1)C(c1ccccc1)=C(C)C2C(=O)OCC. The van der Waals surface area contributed by atoms with Crippen LogP contribution < -0.4 is 0 Å². The zero-order valence-corrected chi connectivity index (χ0v) is 30.1. The van der Waals surface area contributed by atoms with E-state index in [0.29, 0.717) is 17.3 Å². The Hall–Kier alpha value is -3.76. The Kier molecular flexibility index (Phi) is 14.9. The molecule has 4 rings (SSSR count). The largest absolute Gasteiger partial charge is 0.465 e. The van der Waals surface area contributed by atoms with E-state index >= 15 is 0 Å². The lowest BCUT2D eigenvalue weighted by Gasteiger charge is -2.18. The van der Waals surface area contributed by atoms with Crippen LogP contribution in [0.2, 0.25) is 0 Å². The van der Waals surface area contributed by atoms with E-state index in [-0.39, 0.29) is 23.8 Å². The van der Waals surface area contributed by atoms with Gasteiger partial charge < -0.3 is 14.0 Å². The van der Waals surface area contributed by atoms with Crippen LogP contribution >= 0.6 is 11.8 Å². The zero-order valence-electron chi connectivity index (χ0n) is 29.3. The Morgan fingerprint density at radius 3 is 2.02 bits per heavy atom. The molecular formula is C41H52N2O4S. The highest BCUT2D eigenvalue weighted by Gasteiger charge is 2.44. The molecule has 2 unspecified atom stereocenters. The van der Waals surface area contributed by atoms with Crippen LogP contribution in [0, 0.1) is 12.5 Å². The Morgan fingerprint density at radius 1 is 0.833 bits per heavy atom. The van der Waals surface area contributed by atoms with Crippen LogP contribution in [-0.2, 0) is 14.3 Å². The molecule has 3 aromatic rings. The average molecular weight is 669 g/mol. The molecule has 0 radical (unpaired) electrons. The molecule has 6 nitrogen and oxygen atoms in total. The molecule has 0 aliphatic carbocycles. The number of aromatic nitrogens is 1. The fraction of sp³-hybridized carbons (Fsp3) is 0.488. The number of unbranched alkanes of at least 4 members (excludes halogenated alkanes) is 8. The molecule has 256 valence electrons. The lowest BCUT2D eigenvalue weighted by molar-refractivity contribution is -0.143. The average Bonchev–Trinajstić information content (AvgIpc) is 3.57. The number of rotatable bonds is 20. The molecule has 0 spiro atoms. The molecule has 0 saturated carbocycles. The zero-order chi connectivity index (χ0) is 34.3. The van der Waals surface area contributed by atoms with Crippen LogP contribution in [0.5, 0.6) is 0 Å². The highest BCUT2D eigenvalue weighted by molar-refractivity contribution is 7.99. The van der Waals surface area contributed by atoms with E-state index in [0.717, 1.165) is 47.4 Å². The minimum Gasteiger partial charge on any atom is -0.465 e. The Balaban J connectivity index is 1.73. The van der Waals surface area contributed by atoms with Gasteiger partial charge in [-0.3, -0.25) is 4.79 Å². The predicted molar refractivity (Wildman–Crippen MR) is 196 cm³/mol. The van der Waals surface area contributed by atoms with Crippen molar-refractivity contribution in [3.63, 3.8) is 0 Å². The van der Waals surface area contributed by atoms with Crippen molar-refractivity contribution in [2.45, 2.75) is 121 Å². The van der Waals surface area contributed by atoms with Gasteiger partial charge in [-0.2, -0.15) is 0 Å². The minimum absolute atomic E-state index is 0.177. The summed E-state index contributed by atoms with van der Waals surface area (Å²) in [5, 5.41) is 0.603. The van der Waals surface area contributed by atoms with Crippen LogP contribution in [0.3, 0.4) is 0 Å². The fourth-order valence-corrected chi connectivity index (χ4v) is 7.73. The third-order valence-corrected chi connectivity index (χ3v) is 10.2. The first-order chi connectivity index (χ1) is 23.5. The van der Waals surface area contributed by atoms with Gasteiger partial charge in [0, 0.05) is 10.6 Å². The van der Waals surface area contributed by atoms with Gasteiger partial charge in [-0.05, 0) is 55.9 Å². The van der Waals surface area contributed by atoms with E-state index in [1.54, 1.807) is 6.92 Å². The lowest BCUT2D eigenvalue weighted by Crippen LogP contribution is -2.20. The molecule has 0 N–H and O–H groups in total. The maximum absolute atomic E-state index is 14.3. The summed E-state index contributed by atoms with van der Waals surface area (Å²) in [6, 6.07) is 19.7. The topological polar surface area (TPSA) is 61.9 Å². The van der Waals surface area contributed by atoms with Crippen LogP contribution in [0.25, 0.3) is 10.5 Å². The molecule has 1 aliphatic heterocycles. The van der Waals surface area contributed by atoms with E-state index in [4.69, 9.17) is 16.0 Å². The molecule has 0 fully saturated rings. The van der Waals surface area contributed by atoms with Crippen LogP contribution in [0.4, 0.5) is 5.69 Å². The normalized spacial score (nSPS) is 14.4. The van der Waals surface area contributed by atoms with Gasteiger partial charge >= 0.3 is 11.9 Å². The summed E-state index contributed by atoms with van der Waals surface area (Å²) in [5.74, 6) is -1.54. The monoisotopic (exact) mass is 668 g/mol. The molecule has 2 heterocycles. The van der Waals surface area contributed by atoms with Crippen molar-refractivity contribution in [2.24, 2.45) is 5.92 Å². The van der Waals surface area contributed by atoms with Gasteiger partial charge in [0.15, 0.2) is 0 Å². The van der Waals surface area contributed by atoms with E-state index in [9.17, 15) is 9.59 Å². The van der Waals surface area contributed by atoms with E-state index in [1.807, 2.05) is 72.2 Å². The van der Waals surface area contributed by atoms with Crippen LogP contribution in [0.15, 0.2) is 76.2 Å². The standard InChI is InChI=1S/C41H52N2O4S/c1-6-9-11-13-14-18-24-31(23-17-12-10-7-2)29-47-41(45)35-36(42-5)39(48-33-27-21-16-22-28-33)43-37(32-25-19-15-20-26-32)30(4)34(38(35)43)40(44)46-8-3/h15-16,19-22,25-28,31,34H,6-14,17-18,23-24,29H2,1-4H3. The van der Waals surface area contributed by atoms with Gasteiger partial charge in [-0.15, -0.1) is 0 Å². The first kappa shape index (κ1) is 37.1. The van der Waals surface area contributed by atoms with Gasteiger partial charge in [0.05, 0.1) is 36.1 Å². The number of hydrogen-bond acceptors (Lipinski definition) is 5. The van der Waals surface area contributed by atoms with Gasteiger partial charge in [0.2, 0.25) is 5.69 Å². The number of esters is 2. The van der Waals surface area contributed by atoms with E-state index in [2.05, 4.69) is 18.7 Å². The Bertz CT molecular complexity index is 1550. The summed E-state index contributed by atoms with van der Waals surface area (Å²) < 4.78 is 13.7. The van der Waals surface area contributed by atoms with E-state index < -0.39 is 17.9 Å². The fourth-order valence-electron chi connectivity index (χ4n) is 6.68. The molecule has 48 heavy (non-hydrogen) atoms. The number of ether oxygens (including phenoxy) is 2.